The van der Waals surface area contributed by atoms with Crippen LogP contribution in [0.15, 0.2) is 71.6 Å². The molecule has 2 aliphatic heterocycles. The highest BCUT2D eigenvalue weighted by Crippen LogP contribution is 2.38. The summed E-state index contributed by atoms with van der Waals surface area (Å²) in [6, 6.07) is 22.7. The Morgan fingerprint density at radius 3 is 2.79 bits per heavy atom. The summed E-state index contributed by atoms with van der Waals surface area (Å²) in [5.41, 5.74) is 7.30. The molecule has 0 saturated carbocycles. The maximum absolute atomic E-state index is 10.1. The predicted octanol–water partition coefficient (Wildman–Crippen LogP) is 6.08. The van der Waals surface area contributed by atoms with E-state index in [0.717, 1.165) is 55.8 Å². The van der Waals surface area contributed by atoms with E-state index in [1.54, 1.807) is 11.9 Å². The van der Waals surface area contributed by atoms with Crippen LogP contribution in [0, 0.1) is 0 Å². The first-order valence-electron chi connectivity index (χ1n) is 11.7. The van der Waals surface area contributed by atoms with Crippen molar-refractivity contribution in [1.29, 1.82) is 0 Å². The number of nitrogens with one attached hydrogen (secondary N) is 1. The van der Waals surface area contributed by atoms with Crippen LogP contribution in [0.5, 0.6) is 5.75 Å². The quantitative estimate of drug-likeness (QED) is 0.291. The van der Waals surface area contributed by atoms with Crippen LogP contribution in [0.1, 0.15) is 25.3 Å². The number of rotatable bonds is 8. The van der Waals surface area contributed by atoms with E-state index in [1.807, 2.05) is 31.2 Å². The standard InChI is InChI=1S/C27H30ClN3O2S/c1-27(32)13-15-30(19-27)14-6-16-33-24-11-5-10-23(26(24)28)20-8-4-9-22(17-20)29-31-18-21-7-2-3-12-25(21)34-31/h2-5,7-12,17,29,32H,6,13-16,18-19H2,1H3. The summed E-state index contributed by atoms with van der Waals surface area (Å²) in [5, 5.41) is 10.7. The second-order valence-electron chi connectivity index (χ2n) is 9.27. The minimum Gasteiger partial charge on any atom is -0.492 e. The highest BCUT2D eigenvalue weighted by Gasteiger charge is 2.30. The van der Waals surface area contributed by atoms with Crippen LogP contribution in [0.25, 0.3) is 11.1 Å². The zero-order valence-corrected chi connectivity index (χ0v) is 20.9. The summed E-state index contributed by atoms with van der Waals surface area (Å²) in [6.45, 7) is 5.94. The number of nitrogens with zero attached hydrogens (tertiary/aromatic N) is 2. The second-order valence-corrected chi connectivity index (χ2v) is 10.7. The summed E-state index contributed by atoms with van der Waals surface area (Å²) >= 11 is 8.48. The van der Waals surface area contributed by atoms with Crippen molar-refractivity contribution in [2.24, 2.45) is 0 Å². The second kappa shape index (κ2) is 10.2. The van der Waals surface area contributed by atoms with E-state index < -0.39 is 5.60 Å². The molecule has 0 spiro atoms. The lowest BCUT2D eigenvalue weighted by molar-refractivity contribution is 0.0681. The highest BCUT2D eigenvalue weighted by molar-refractivity contribution is 7.97. The number of hydrogen-bond donors (Lipinski definition) is 2. The minimum absolute atomic E-state index is 0.556. The molecule has 0 aromatic heterocycles. The van der Waals surface area contributed by atoms with Crippen molar-refractivity contribution in [2.75, 3.05) is 31.7 Å². The normalized spacial score (nSPS) is 20.4. The van der Waals surface area contributed by atoms with E-state index in [-0.39, 0.29) is 0 Å². The largest absolute Gasteiger partial charge is 0.492 e. The van der Waals surface area contributed by atoms with Gasteiger partial charge >= 0.3 is 0 Å². The predicted molar refractivity (Wildman–Crippen MR) is 140 cm³/mol. The van der Waals surface area contributed by atoms with Crippen LogP contribution < -0.4 is 10.2 Å². The van der Waals surface area contributed by atoms with E-state index in [1.165, 1.54) is 10.5 Å². The molecule has 7 heteroatoms. The van der Waals surface area contributed by atoms with Crippen molar-refractivity contribution < 1.29 is 9.84 Å². The van der Waals surface area contributed by atoms with Gasteiger partial charge in [-0.2, -0.15) is 4.41 Å². The molecule has 178 valence electrons. The Hall–Kier alpha value is -2.22. The zero-order chi connectivity index (χ0) is 23.5. The van der Waals surface area contributed by atoms with Crippen LogP contribution in [-0.2, 0) is 6.54 Å². The third-order valence-corrected chi connectivity index (χ3v) is 7.72. The molecule has 2 heterocycles. The van der Waals surface area contributed by atoms with Crippen molar-refractivity contribution >= 4 is 29.2 Å². The van der Waals surface area contributed by atoms with Gasteiger partial charge in [0, 0.05) is 30.1 Å². The third kappa shape index (κ3) is 5.53. The van der Waals surface area contributed by atoms with Gasteiger partial charge in [-0.3, -0.25) is 0 Å². The summed E-state index contributed by atoms with van der Waals surface area (Å²) < 4.78 is 8.18. The lowest BCUT2D eigenvalue weighted by Crippen LogP contribution is -2.30. The number of hydrazine groups is 1. The molecule has 0 bridgehead atoms. The number of fused-ring (bicyclic) bond motifs is 1. The van der Waals surface area contributed by atoms with Crippen LogP contribution in [0.4, 0.5) is 5.69 Å². The van der Waals surface area contributed by atoms with Gasteiger partial charge in [0.1, 0.15) is 5.75 Å². The smallest absolute Gasteiger partial charge is 0.138 e. The maximum atomic E-state index is 10.1. The average molecular weight is 496 g/mol. The topological polar surface area (TPSA) is 48.0 Å². The van der Waals surface area contributed by atoms with E-state index in [2.05, 4.69) is 57.2 Å². The van der Waals surface area contributed by atoms with Crippen molar-refractivity contribution in [2.45, 2.75) is 36.8 Å². The molecule has 34 heavy (non-hydrogen) atoms. The van der Waals surface area contributed by atoms with Crippen molar-refractivity contribution in [3.63, 3.8) is 0 Å². The summed E-state index contributed by atoms with van der Waals surface area (Å²) in [4.78, 5) is 3.57. The monoisotopic (exact) mass is 495 g/mol. The molecule has 5 nitrogen and oxygen atoms in total. The van der Waals surface area contributed by atoms with Crippen molar-refractivity contribution in [3.05, 3.63) is 77.3 Å². The molecule has 0 radical (unpaired) electrons. The molecule has 1 atom stereocenters. The summed E-state index contributed by atoms with van der Waals surface area (Å²) in [7, 11) is 0. The van der Waals surface area contributed by atoms with Crippen molar-refractivity contribution in [3.8, 4) is 16.9 Å². The minimum atomic E-state index is -0.556. The van der Waals surface area contributed by atoms with Crippen LogP contribution in [-0.4, -0.2) is 46.3 Å². The van der Waals surface area contributed by atoms with Crippen LogP contribution >= 0.6 is 23.5 Å². The summed E-state index contributed by atoms with van der Waals surface area (Å²) in [6.07, 6.45) is 1.73. The van der Waals surface area contributed by atoms with Crippen LogP contribution in [0.3, 0.4) is 0 Å². The summed E-state index contributed by atoms with van der Waals surface area (Å²) in [5.74, 6) is 0.705. The van der Waals surface area contributed by atoms with Crippen molar-refractivity contribution in [1.82, 2.24) is 9.31 Å². The number of likely N-dealkylation sites (tertiary alicyclic amines) is 1. The number of β-amino-alcohol motifs (C(OH)–C–C–N with tert-alkyl or cyclic N) is 1. The van der Waals surface area contributed by atoms with E-state index in [0.29, 0.717) is 17.4 Å². The van der Waals surface area contributed by atoms with Gasteiger partial charge < -0.3 is 20.2 Å². The molecule has 3 aromatic carbocycles. The Labute approximate surface area is 210 Å². The average Bonchev–Trinajstić information content (AvgIpc) is 3.39. The SMILES string of the molecule is CC1(O)CCN(CCCOc2cccc(-c3cccc(NN4Cc5ccccc5S4)c3)c2Cl)C1. The van der Waals surface area contributed by atoms with Gasteiger partial charge in [0.15, 0.2) is 0 Å². The van der Waals surface area contributed by atoms with Gasteiger partial charge in [0.25, 0.3) is 0 Å². The Morgan fingerprint density at radius 2 is 1.97 bits per heavy atom. The van der Waals surface area contributed by atoms with Gasteiger partial charge in [-0.05, 0) is 67.1 Å². The number of hydrogen-bond acceptors (Lipinski definition) is 6. The fourth-order valence-electron chi connectivity index (χ4n) is 4.54. The molecule has 1 fully saturated rings. The third-order valence-electron chi connectivity index (χ3n) is 6.29. The molecule has 0 aliphatic carbocycles. The molecule has 2 aliphatic rings. The Bertz CT molecular complexity index is 1130. The number of anilines is 1. The molecule has 5 rings (SSSR count). The Kier molecular flexibility index (Phi) is 7.04. The first kappa shape index (κ1) is 23.5. The fraction of sp³-hybridized carbons (Fsp3) is 0.333. The molecule has 0 amide bonds. The molecular formula is C27H30ClN3O2S. The van der Waals surface area contributed by atoms with Gasteiger partial charge in [-0.1, -0.05) is 54.1 Å². The number of ether oxygens (including phenoxy) is 1. The molecule has 1 unspecified atom stereocenters. The first-order chi connectivity index (χ1) is 16.5. The number of aliphatic hydroxyl groups is 1. The highest BCUT2D eigenvalue weighted by atomic mass is 35.5. The van der Waals surface area contributed by atoms with Gasteiger partial charge in [0.05, 0.1) is 29.5 Å². The van der Waals surface area contributed by atoms with Gasteiger partial charge in [0.2, 0.25) is 0 Å². The molecule has 2 N–H and O–H groups in total. The molecule has 1 saturated heterocycles. The van der Waals surface area contributed by atoms with E-state index in [4.69, 9.17) is 16.3 Å². The lowest BCUT2D eigenvalue weighted by Gasteiger charge is -2.19. The zero-order valence-electron chi connectivity index (χ0n) is 19.3. The first-order valence-corrected chi connectivity index (χ1v) is 12.9. The molecule has 3 aromatic rings. The number of halogens is 1. The van der Waals surface area contributed by atoms with Gasteiger partial charge in [-0.25, -0.2) is 0 Å². The fourth-order valence-corrected chi connectivity index (χ4v) is 5.81. The number of benzene rings is 3. The lowest BCUT2D eigenvalue weighted by atomic mass is 10.0. The van der Waals surface area contributed by atoms with Gasteiger partial charge in [-0.15, -0.1) is 0 Å². The van der Waals surface area contributed by atoms with E-state index in [9.17, 15) is 5.11 Å². The Morgan fingerprint density at radius 1 is 1.12 bits per heavy atom. The maximum Gasteiger partial charge on any atom is 0.138 e. The van der Waals surface area contributed by atoms with E-state index >= 15 is 0 Å². The molecular weight excluding hydrogens is 466 g/mol. The van der Waals surface area contributed by atoms with Crippen LogP contribution in [0.2, 0.25) is 5.02 Å². The Balaban J connectivity index is 1.20.